The summed E-state index contributed by atoms with van der Waals surface area (Å²) in [6.07, 6.45) is 0. The van der Waals surface area contributed by atoms with Crippen molar-refractivity contribution in [2.24, 2.45) is 0 Å². The molecule has 0 aromatic heterocycles. The van der Waals surface area contributed by atoms with Gasteiger partial charge in [-0.25, -0.2) is 0 Å². The molecule has 2 aromatic carbocycles. The van der Waals surface area contributed by atoms with Crippen LogP contribution in [0.3, 0.4) is 0 Å². The molecule has 2 N–H and O–H groups in total. The third kappa shape index (κ3) is 3.03. The van der Waals surface area contributed by atoms with Crippen molar-refractivity contribution in [1.82, 2.24) is 0 Å². The molecule has 0 aliphatic heterocycles. The minimum Gasteiger partial charge on any atom is -0.399 e. The van der Waals surface area contributed by atoms with Crippen molar-refractivity contribution in [2.45, 2.75) is 20.1 Å². The normalized spacial score (nSPS) is 10.6. The number of nitrogens with two attached hydrogens (primary N) is 1. The summed E-state index contributed by atoms with van der Waals surface area (Å²) in [6.45, 7) is 3.06. The zero-order chi connectivity index (χ0) is 13.0. The number of hydrogen-bond acceptors (Lipinski definition) is 2. The summed E-state index contributed by atoms with van der Waals surface area (Å²) in [7, 11) is 0. The molecule has 2 rings (SSSR count). The molecule has 0 saturated heterocycles. The molecule has 0 aliphatic rings. The molecule has 2 aromatic rings. The van der Waals surface area contributed by atoms with Crippen LogP contribution in [0.15, 0.2) is 42.5 Å². The Morgan fingerprint density at radius 2 is 1.67 bits per heavy atom. The van der Waals surface area contributed by atoms with E-state index in [0.29, 0.717) is 13.2 Å². The van der Waals surface area contributed by atoms with Gasteiger partial charge in [-0.15, -0.1) is 0 Å². The number of rotatable bonds is 4. The van der Waals surface area contributed by atoms with Gasteiger partial charge in [-0.05, 0) is 35.7 Å². The van der Waals surface area contributed by atoms with Crippen LogP contribution in [-0.2, 0) is 18.0 Å². The van der Waals surface area contributed by atoms with Crippen LogP contribution in [0.25, 0.3) is 0 Å². The molecule has 0 aliphatic carbocycles. The molecular weight excluding hydrogens is 246 g/mol. The average molecular weight is 262 g/mol. The van der Waals surface area contributed by atoms with Gasteiger partial charge in [0.25, 0.3) is 0 Å². The van der Waals surface area contributed by atoms with Crippen molar-refractivity contribution in [2.75, 3.05) is 5.73 Å². The van der Waals surface area contributed by atoms with E-state index in [0.717, 1.165) is 27.4 Å². The van der Waals surface area contributed by atoms with Crippen LogP contribution in [0.5, 0.6) is 0 Å². The minimum absolute atomic E-state index is 0.508. The Morgan fingerprint density at radius 1 is 1.00 bits per heavy atom. The molecule has 0 radical (unpaired) electrons. The smallest absolute Gasteiger partial charge is 0.0735 e. The van der Waals surface area contributed by atoms with Crippen LogP contribution in [0.4, 0.5) is 5.69 Å². The number of nitrogen functional groups attached to an aromatic ring is 1. The minimum atomic E-state index is 0.508. The first-order valence-electron chi connectivity index (χ1n) is 5.83. The van der Waals surface area contributed by atoms with Crippen LogP contribution in [0.1, 0.15) is 16.7 Å². The molecule has 2 nitrogen and oxygen atoms in total. The first kappa shape index (κ1) is 12.9. The third-order valence-electron chi connectivity index (χ3n) is 2.96. The number of halogens is 1. The van der Waals surface area contributed by atoms with Crippen LogP contribution in [0.2, 0.25) is 5.02 Å². The van der Waals surface area contributed by atoms with Gasteiger partial charge >= 0.3 is 0 Å². The Labute approximate surface area is 112 Å². The summed E-state index contributed by atoms with van der Waals surface area (Å²) in [4.78, 5) is 0. The lowest BCUT2D eigenvalue weighted by molar-refractivity contribution is 0.107. The van der Waals surface area contributed by atoms with Crippen LogP contribution in [0, 0.1) is 6.92 Å². The SMILES string of the molecule is Cc1c(N)cccc1COCc1ccccc1Cl. The van der Waals surface area contributed by atoms with Gasteiger partial charge < -0.3 is 10.5 Å². The Bertz CT molecular complexity index is 540. The summed E-state index contributed by atoms with van der Waals surface area (Å²) >= 11 is 6.06. The van der Waals surface area contributed by atoms with E-state index in [2.05, 4.69) is 0 Å². The van der Waals surface area contributed by atoms with E-state index < -0.39 is 0 Å². The van der Waals surface area contributed by atoms with Gasteiger partial charge in [0.05, 0.1) is 13.2 Å². The van der Waals surface area contributed by atoms with Gasteiger partial charge in [-0.2, -0.15) is 0 Å². The van der Waals surface area contributed by atoms with Crippen molar-refractivity contribution >= 4 is 17.3 Å². The fourth-order valence-electron chi connectivity index (χ4n) is 1.75. The molecule has 0 saturated carbocycles. The van der Waals surface area contributed by atoms with Crippen molar-refractivity contribution in [3.8, 4) is 0 Å². The average Bonchev–Trinajstić information content (AvgIpc) is 2.37. The van der Waals surface area contributed by atoms with Gasteiger partial charge in [-0.3, -0.25) is 0 Å². The van der Waals surface area contributed by atoms with E-state index in [4.69, 9.17) is 22.1 Å². The standard InChI is InChI=1S/C15H16ClNO/c1-11-12(6-4-8-15(11)17)9-18-10-13-5-2-3-7-14(13)16/h2-8H,9-10,17H2,1H3. The van der Waals surface area contributed by atoms with Gasteiger partial charge in [0.2, 0.25) is 0 Å². The second kappa shape index (κ2) is 5.89. The summed E-state index contributed by atoms with van der Waals surface area (Å²) in [6, 6.07) is 13.6. The van der Waals surface area contributed by atoms with Crippen LogP contribution in [-0.4, -0.2) is 0 Å². The first-order valence-corrected chi connectivity index (χ1v) is 6.21. The number of benzene rings is 2. The Kier molecular flexibility index (Phi) is 4.24. The van der Waals surface area contributed by atoms with E-state index in [1.165, 1.54) is 0 Å². The second-order valence-electron chi connectivity index (χ2n) is 4.22. The van der Waals surface area contributed by atoms with Crippen LogP contribution >= 0.6 is 11.6 Å². The summed E-state index contributed by atoms with van der Waals surface area (Å²) in [5.41, 5.74) is 9.84. The van der Waals surface area contributed by atoms with Gasteiger partial charge in [0.1, 0.15) is 0 Å². The molecule has 0 heterocycles. The highest BCUT2D eigenvalue weighted by atomic mass is 35.5. The monoisotopic (exact) mass is 261 g/mol. The molecule has 18 heavy (non-hydrogen) atoms. The van der Waals surface area contributed by atoms with Gasteiger partial charge in [0, 0.05) is 10.7 Å². The summed E-state index contributed by atoms with van der Waals surface area (Å²) in [5, 5.41) is 0.738. The van der Waals surface area contributed by atoms with E-state index in [9.17, 15) is 0 Å². The maximum atomic E-state index is 6.06. The maximum absolute atomic E-state index is 6.06. The number of hydrogen-bond donors (Lipinski definition) is 1. The van der Waals surface area contributed by atoms with Gasteiger partial charge in [-0.1, -0.05) is 41.9 Å². The fourth-order valence-corrected chi connectivity index (χ4v) is 1.94. The summed E-state index contributed by atoms with van der Waals surface area (Å²) in [5.74, 6) is 0. The Morgan fingerprint density at radius 3 is 2.44 bits per heavy atom. The Balaban J connectivity index is 1.97. The third-order valence-corrected chi connectivity index (χ3v) is 3.33. The fraction of sp³-hybridized carbons (Fsp3) is 0.200. The first-order chi connectivity index (χ1) is 8.68. The molecule has 0 fully saturated rings. The second-order valence-corrected chi connectivity index (χ2v) is 4.62. The molecule has 0 bridgehead atoms. The highest BCUT2D eigenvalue weighted by Gasteiger charge is 2.03. The molecule has 3 heteroatoms. The molecule has 0 amide bonds. The zero-order valence-corrected chi connectivity index (χ0v) is 11.1. The van der Waals surface area contributed by atoms with Crippen molar-refractivity contribution in [3.63, 3.8) is 0 Å². The lowest BCUT2D eigenvalue weighted by Gasteiger charge is -2.10. The zero-order valence-electron chi connectivity index (χ0n) is 10.3. The summed E-state index contributed by atoms with van der Waals surface area (Å²) < 4.78 is 5.68. The van der Waals surface area contributed by atoms with Crippen molar-refractivity contribution < 1.29 is 4.74 Å². The predicted octanol–water partition coefficient (Wildman–Crippen LogP) is 3.95. The lowest BCUT2D eigenvalue weighted by atomic mass is 10.1. The topological polar surface area (TPSA) is 35.2 Å². The van der Waals surface area contributed by atoms with Crippen molar-refractivity contribution in [1.29, 1.82) is 0 Å². The molecule has 0 atom stereocenters. The van der Waals surface area contributed by atoms with E-state index in [-0.39, 0.29) is 0 Å². The number of anilines is 1. The highest BCUT2D eigenvalue weighted by Crippen LogP contribution is 2.19. The van der Waals surface area contributed by atoms with E-state index >= 15 is 0 Å². The highest BCUT2D eigenvalue weighted by molar-refractivity contribution is 6.31. The largest absolute Gasteiger partial charge is 0.399 e. The van der Waals surface area contributed by atoms with E-state index in [1.54, 1.807) is 0 Å². The Hall–Kier alpha value is -1.51. The number of ether oxygens (including phenoxy) is 1. The molecule has 0 spiro atoms. The maximum Gasteiger partial charge on any atom is 0.0735 e. The van der Waals surface area contributed by atoms with Crippen LogP contribution < -0.4 is 5.73 Å². The van der Waals surface area contributed by atoms with E-state index in [1.807, 2.05) is 49.4 Å². The lowest BCUT2D eigenvalue weighted by Crippen LogP contribution is -1.99. The van der Waals surface area contributed by atoms with Crippen molar-refractivity contribution in [3.05, 3.63) is 64.2 Å². The van der Waals surface area contributed by atoms with Gasteiger partial charge in [0.15, 0.2) is 0 Å². The predicted molar refractivity (Wildman–Crippen MR) is 75.5 cm³/mol. The molecular formula is C15H16ClNO. The molecule has 94 valence electrons. The molecule has 0 unspecified atom stereocenters. The quantitative estimate of drug-likeness (QED) is 0.846.